The van der Waals surface area contributed by atoms with Crippen LogP contribution in [0.25, 0.3) is 5.57 Å². The maximum atomic E-state index is 13.1. The lowest BCUT2D eigenvalue weighted by Crippen LogP contribution is -2.16. The summed E-state index contributed by atoms with van der Waals surface area (Å²) in [4.78, 5) is 29.0. The summed E-state index contributed by atoms with van der Waals surface area (Å²) in [6, 6.07) is 26.3. The van der Waals surface area contributed by atoms with Crippen LogP contribution in [0.2, 0.25) is 0 Å². The van der Waals surface area contributed by atoms with E-state index in [-0.39, 0.29) is 51.4 Å². The number of hydrogen-bond acceptors (Lipinski definition) is 9. The van der Waals surface area contributed by atoms with Crippen LogP contribution < -0.4 is 5.32 Å². The molecule has 4 aromatic rings. The van der Waals surface area contributed by atoms with Gasteiger partial charge in [-0.2, -0.15) is 16.8 Å². The number of carbonyl (C=O) groups is 2. The van der Waals surface area contributed by atoms with Gasteiger partial charge < -0.3 is 10.1 Å². The third-order valence-corrected chi connectivity index (χ3v) is 9.52. The van der Waals surface area contributed by atoms with E-state index in [1.165, 1.54) is 26.2 Å². The van der Waals surface area contributed by atoms with Gasteiger partial charge in [0.2, 0.25) is 0 Å². The zero-order valence-electron chi connectivity index (χ0n) is 26.9. The number of methoxy groups -OCH3 is 1. The first-order valence-corrected chi connectivity index (χ1v) is 18.0. The lowest BCUT2D eigenvalue weighted by atomic mass is 9.87. The molecule has 0 bridgehead atoms. The number of nitrogens with zero attached hydrogens (tertiary/aromatic N) is 1. The number of ketones is 1. The Balaban J connectivity index is 1.75. The maximum absolute atomic E-state index is 13.1. The first-order chi connectivity index (χ1) is 23.8. The highest BCUT2D eigenvalue weighted by Crippen LogP contribution is 2.37. The Hall–Kier alpha value is -5.47. The number of ether oxygens (including phenoxy) is 1. The summed E-state index contributed by atoms with van der Waals surface area (Å²) in [5.74, 6) is -1.05. The molecule has 0 spiro atoms. The first kappa shape index (κ1) is 35.8. The molecule has 50 heavy (non-hydrogen) atoms. The smallest absolute Gasteiger partial charge is 0.340 e. The molecule has 0 radical (unpaired) electrons. The van der Waals surface area contributed by atoms with Gasteiger partial charge in [-0.05, 0) is 71.2 Å². The quantitative estimate of drug-likeness (QED) is 0.0935. The summed E-state index contributed by atoms with van der Waals surface area (Å²) in [6.45, 7) is 2.01. The number of esters is 1. The fraction of sp³-hybridized carbons (Fsp3) is 0.108. The van der Waals surface area contributed by atoms with Crippen molar-refractivity contribution in [3.05, 3.63) is 154 Å². The van der Waals surface area contributed by atoms with Crippen molar-refractivity contribution in [1.82, 2.24) is 0 Å². The van der Waals surface area contributed by atoms with Crippen LogP contribution in [0.5, 0.6) is 0 Å². The molecule has 0 saturated heterocycles. The molecule has 13 heteroatoms. The van der Waals surface area contributed by atoms with Gasteiger partial charge in [-0.3, -0.25) is 18.9 Å². The van der Waals surface area contributed by atoms with E-state index in [4.69, 9.17) is 4.74 Å². The highest BCUT2D eigenvalue weighted by atomic mass is 32.2. The van der Waals surface area contributed by atoms with Gasteiger partial charge in [0.15, 0.2) is 5.78 Å². The van der Waals surface area contributed by atoms with E-state index in [0.717, 1.165) is 23.3 Å². The van der Waals surface area contributed by atoms with Gasteiger partial charge in [-0.25, -0.2) is 4.79 Å². The lowest BCUT2D eigenvalue weighted by molar-refractivity contribution is -0.135. The van der Waals surface area contributed by atoms with Gasteiger partial charge in [0.1, 0.15) is 4.90 Å². The molecule has 0 fully saturated rings. The average Bonchev–Trinajstić information content (AvgIpc) is 3.10. The number of aliphatic imine (C=N–C) groups is 1. The van der Waals surface area contributed by atoms with Crippen molar-refractivity contribution in [3.8, 4) is 0 Å². The zero-order valence-corrected chi connectivity index (χ0v) is 28.5. The zero-order chi connectivity index (χ0) is 36.1. The van der Waals surface area contributed by atoms with E-state index in [2.05, 4.69) is 10.3 Å². The summed E-state index contributed by atoms with van der Waals surface area (Å²) < 4.78 is 74.5. The molecule has 256 valence electrons. The summed E-state index contributed by atoms with van der Waals surface area (Å²) in [7, 11) is -8.79. The second-order valence-corrected chi connectivity index (χ2v) is 14.0. The van der Waals surface area contributed by atoms with Gasteiger partial charge in [0.25, 0.3) is 20.2 Å². The SMILES string of the molecule is COC(=O)C1=CC(=C(c2ccc(NCc3ccccc3)c(C(C)=O)c2)c2ccc(S(=O)(=O)O)cc2S(=O)(=O)O)C=CC1=NCc1ccccc1. The third-order valence-electron chi connectivity index (χ3n) is 7.78. The van der Waals surface area contributed by atoms with E-state index in [1.807, 2.05) is 60.7 Å². The number of carbonyl (C=O) groups excluding carboxylic acids is 2. The number of hydrogen-bond donors (Lipinski definition) is 3. The Kier molecular flexibility index (Phi) is 10.7. The molecular formula is C37H32N2O9S2. The number of benzene rings is 4. The summed E-state index contributed by atoms with van der Waals surface area (Å²) >= 11 is 0. The minimum atomic E-state index is -5.12. The Morgan fingerprint density at radius 1 is 0.780 bits per heavy atom. The second-order valence-electron chi connectivity index (χ2n) is 11.2. The molecule has 0 heterocycles. The molecular weight excluding hydrogens is 681 g/mol. The topological polar surface area (TPSA) is 176 Å². The van der Waals surface area contributed by atoms with Gasteiger partial charge in [-0.15, -0.1) is 0 Å². The molecule has 4 aromatic carbocycles. The highest BCUT2D eigenvalue weighted by molar-refractivity contribution is 7.86. The minimum absolute atomic E-state index is 0.0364. The molecule has 0 amide bonds. The predicted octanol–water partition coefficient (Wildman–Crippen LogP) is 6.11. The first-order valence-electron chi connectivity index (χ1n) is 15.1. The number of anilines is 1. The van der Waals surface area contributed by atoms with Crippen molar-refractivity contribution in [2.24, 2.45) is 4.99 Å². The molecule has 0 saturated carbocycles. The van der Waals surface area contributed by atoms with Crippen LogP contribution in [0.1, 0.15) is 39.5 Å². The van der Waals surface area contributed by atoms with E-state index >= 15 is 0 Å². The normalized spacial score (nSPS) is 15.0. The van der Waals surface area contributed by atoms with E-state index in [1.54, 1.807) is 24.3 Å². The third kappa shape index (κ3) is 8.39. The second kappa shape index (κ2) is 15.0. The van der Waals surface area contributed by atoms with Crippen molar-refractivity contribution in [3.63, 3.8) is 0 Å². The molecule has 0 aromatic heterocycles. The monoisotopic (exact) mass is 712 g/mol. The molecule has 3 N–H and O–H groups in total. The Bertz CT molecular complexity index is 2310. The van der Waals surface area contributed by atoms with Crippen LogP contribution in [-0.2, 0) is 42.9 Å². The number of nitrogens with one attached hydrogen (secondary N) is 1. The van der Waals surface area contributed by atoms with Gasteiger partial charge in [-0.1, -0.05) is 78.9 Å². The van der Waals surface area contributed by atoms with Crippen LogP contribution in [0, 0.1) is 0 Å². The molecule has 0 atom stereocenters. The Morgan fingerprint density at radius 3 is 2.04 bits per heavy atom. The van der Waals surface area contributed by atoms with Gasteiger partial charge in [0.05, 0.1) is 29.8 Å². The van der Waals surface area contributed by atoms with Crippen LogP contribution >= 0.6 is 0 Å². The van der Waals surface area contributed by atoms with Crippen molar-refractivity contribution < 1.29 is 40.3 Å². The van der Waals surface area contributed by atoms with Crippen molar-refractivity contribution in [2.45, 2.75) is 29.8 Å². The van der Waals surface area contributed by atoms with E-state index in [9.17, 15) is 35.5 Å². The molecule has 1 aliphatic carbocycles. The summed E-state index contributed by atoms with van der Waals surface area (Å²) in [5.41, 5.74) is 3.37. The molecule has 1 aliphatic rings. The highest BCUT2D eigenvalue weighted by Gasteiger charge is 2.27. The van der Waals surface area contributed by atoms with Crippen molar-refractivity contribution in [1.29, 1.82) is 0 Å². The fourth-order valence-corrected chi connectivity index (χ4v) is 6.67. The molecule has 0 unspecified atom stereocenters. The number of Topliss-reactive ketones (excluding diaryl/α,β-unsaturated/α-hetero) is 1. The van der Waals surface area contributed by atoms with Crippen molar-refractivity contribution >= 4 is 49.0 Å². The average molecular weight is 713 g/mol. The van der Waals surface area contributed by atoms with Crippen LogP contribution in [0.3, 0.4) is 0 Å². The minimum Gasteiger partial charge on any atom is -0.465 e. The summed E-state index contributed by atoms with van der Waals surface area (Å²) in [6.07, 6.45) is 4.56. The lowest BCUT2D eigenvalue weighted by Gasteiger charge is -2.20. The number of allylic oxidation sites excluding steroid dienone is 4. The van der Waals surface area contributed by atoms with E-state index < -0.39 is 36.0 Å². The molecule has 11 nitrogen and oxygen atoms in total. The summed E-state index contributed by atoms with van der Waals surface area (Å²) in [5, 5.41) is 3.25. The Morgan fingerprint density at radius 2 is 1.44 bits per heavy atom. The molecule has 0 aliphatic heterocycles. The van der Waals surface area contributed by atoms with Crippen LogP contribution in [0.15, 0.2) is 141 Å². The number of rotatable bonds is 11. The predicted molar refractivity (Wildman–Crippen MR) is 189 cm³/mol. The van der Waals surface area contributed by atoms with Crippen molar-refractivity contribution in [2.75, 3.05) is 12.4 Å². The van der Waals surface area contributed by atoms with Crippen LogP contribution in [-0.4, -0.2) is 50.5 Å². The standard InChI is InChI=1S/C37H32N2O9S2/c1-24(40)31-19-27(13-17-33(31)38-22-25-9-5-3-6-10-25)36(30-16-15-29(49(42,43)44)21-35(30)50(45,46)47)28-14-18-34(32(20-28)37(41)48-2)39-23-26-11-7-4-8-12-26/h3-21,38H,22-23H2,1-2H3,(H,42,43,44)(H,45,46,47). The largest absolute Gasteiger partial charge is 0.465 e. The fourth-order valence-electron chi connectivity index (χ4n) is 5.36. The van der Waals surface area contributed by atoms with E-state index in [0.29, 0.717) is 18.3 Å². The maximum Gasteiger partial charge on any atom is 0.340 e. The van der Waals surface area contributed by atoms with Crippen LogP contribution in [0.4, 0.5) is 5.69 Å². The van der Waals surface area contributed by atoms with Gasteiger partial charge >= 0.3 is 5.97 Å². The van der Waals surface area contributed by atoms with Gasteiger partial charge in [0, 0.05) is 23.4 Å². The molecule has 5 rings (SSSR count). The Labute approximate surface area is 289 Å².